The summed E-state index contributed by atoms with van der Waals surface area (Å²) < 4.78 is 10.2. The van der Waals surface area contributed by atoms with Gasteiger partial charge in [-0.15, -0.1) is 0 Å². The summed E-state index contributed by atoms with van der Waals surface area (Å²) in [4.78, 5) is 52.4. The lowest BCUT2D eigenvalue weighted by atomic mass is 9.98. The third kappa shape index (κ3) is 9.25. The normalized spacial score (nSPS) is 12.9. The molecule has 1 aromatic rings. The van der Waals surface area contributed by atoms with Crippen molar-refractivity contribution in [2.75, 3.05) is 18.9 Å². The quantitative estimate of drug-likeness (QED) is 0.258. The van der Waals surface area contributed by atoms with Crippen LogP contribution in [0.3, 0.4) is 0 Å². The summed E-state index contributed by atoms with van der Waals surface area (Å²) in [5.41, 5.74) is -0.0489. The first-order valence-electron chi connectivity index (χ1n) is 11.9. The van der Waals surface area contributed by atoms with E-state index in [9.17, 15) is 24.3 Å². The van der Waals surface area contributed by atoms with Gasteiger partial charge < -0.3 is 30.1 Å². The summed E-state index contributed by atoms with van der Waals surface area (Å²) >= 11 is 4.23. The summed E-state index contributed by atoms with van der Waals surface area (Å²) in [6, 6.07) is 2.03. The summed E-state index contributed by atoms with van der Waals surface area (Å²) in [5.74, 6) is -1.85. The van der Waals surface area contributed by atoms with Crippen molar-refractivity contribution < 1.29 is 33.8 Å². The van der Waals surface area contributed by atoms with Gasteiger partial charge in [-0.25, -0.2) is 4.79 Å². The van der Waals surface area contributed by atoms with Crippen LogP contribution in [0.2, 0.25) is 0 Å². The molecule has 0 bridgehead atoms. The topological polar surface area (TPSA) is 134 Å². The monoisotopic (exact) mass is 525 g/mol. The van der Waals surface area contributed by atoms with Crippen LogP contribution in [0.5, 0.6) is 5.75 Å². The molecule has 36 heavy (non-hydrogen) atoms. The molecule has 202 valence electrons. The van der Waals surface area contributed by atoms with E-state index in [4.69, 9.17) is 9.47 Å². The Balaban J connectivity index is 3.36. The number of thiol groups is 1. The van der Waals surface area contributed by atoms with Crippen LogP contribution in [0.15, 0.2) is 18.2 Å². The van der Waals surface area contributed by atoms with Crippen molar-refractivity contribution in [3.63, 3.8) is 0 Å². The Kier molecular flexibility index (Phi) is 12.1. The van der Waals surface area contributed by atoms with Gasteiger partial charge in [0.05, 0.1) is 13.0 Å². The number of hydrogen-bond acceptors (Lipinski definition) is 8. The maximum atomic E-state index is 13.7. The Morgan fingerprint density at radius 2 is 1.81 bits per heavy atom. The number of carbonyl (C=O) groups excluding carboxylic acids is 4. The Morgan fingerprint density at radius 1 is 1.17 bits per heavy atom. The molecule has 1 aromatic carbocycles. The fourth-order valence-electron chi connectivity index (χ4n) is 3.43. The lowest BCUT2D eigenvalue weighted by molar-refractivity contribution is -0.145. The lowest BCUT2D eigenvalue weighted by Crippen LogP contribution is -2.55. The highest BCUT2D eigenvalue weighted by Gasteiger charge is 2.38. The molecule has 0 saturated carbocycles. The number of para-hydroxylation sites is 1. The van der Waals surface area contributed by atoms with E-state index in [1.807, 2.05) is 0 Å². The molecule has 0 aromatic heterocycles. The molecule has 11 heteroatoms. The van der Waals surface area contributed by atoms with Gasteiger partial charge >= 0.3 is 12.1 Å². The molecule has 0 aliphatic rings. The fraction of sp³-hybridized carbons (Fsp3) is 0.600. The zero-order valence-electron chi connectivity index (χ0n) is 22.1. The van der Waals surface area contributed by atoms with Crippen molar-refractivity contribution >= 4 is 36.5 Å². The van der Waals surface area contributed by atoms with Crippen molar-refractivity contribution in [2.24, 2.45) is 0 Å². The number of aryl methyl sites for hydroxylation is 1. The second-order valence-corrected chi connectivity index (χ2v) is 9.85. The average Bonchev–Trinajstić information content (AvgIpc) is 2.76. The molecule has 1 rings (SSSR count). The van der Waals surface area contributed by atoms with Crippen LogP contribution in [0, 0.1) is 6.92 Å². The van der Waals surface area contributed by atoms with Gasteiger partial charge in [0.2, 0.25) is 11.8 Å². The number of esters is 1. The number of hydrogen-bond donors (Lipinski definition) is 4. The van der Waals surface area contributed by atoms with Crippen molar-refractivity contribution in [2.45, 2.75) is 78.6 Å². The van der Waals surface area contributed by atoms with Crippen LogP contribution in [0.25, 0.3) is 0 Å². The fourth-order valence-corrected chi connectivity index (χ4v) is 3.68. The first-order chi connectivity index (χ1) is 16.7. The number of rotatable bonds is 11. The third-order valence-corrected chi connectivity index (χ3v) is 5.37. The van der Waals surface area contributed by atoms with Crippen LogP contribution in [0.4, 0.5) is 4.79 Å². The largest absolute Gasteiger partial charge is 0.507 e. The number of ether oxygens (including phenoxy) is 2. The van der Waals surface area contributed by atoms with Gasteiger partial charge in [0, 0.05) is 23.9 Å². The van der Waals surface area contributed by atoms with Gasteiger partial charge in [-0.2, -0.15) is 12.6 Å². The zero-order valence-corrected chi connectivity index (χ0v) is 23.0. The van der Waals surface area contributed by atoms with Crippen molar-refractivity contribution in [1.29, 1.82) is 0 Å². The average molecular weight is 526 g/mol. The summed E-state index contributed by atoms with van der Waals surface area (Å²) in [5, 5.41) is 16.0. The van der Waals surface area contributed by atoms with E-state index < -0.39 is 47.6 Å². The second-order valence-electron chi connectivity index (χ2n) is 9.48. The zero-order chi connectivity index (χ0) is 27.6. The minimum Gasteiger partial charge on any atom is -0.507 e. The molecule has 2 unspecified atom stereocenters. The number of phenols is 1. The summed E-state index contributed by atoms with van der Waals surface area (Å²) in [6.07, 6.45) is -0.853. The maximum absolute atomic E-state index is 13.7. The molecule has 0 radical (unpaired) electrons. The van der Waals surface area contributed by atoms with Gasteiger partial charge in [0.25, 0.3) is 0 Å². The molecule has 0 saturated heterocycles. The number of phenolic OH excluding ortho intramolecular Hbond substituents is 1. The Hall–Kier alpha value is -2.95. The summed E-state index contributed by atoms with van der Waals surface area (Å²) in [6.45, 7) is 12.1. The molecule has 3 N–H and O–H groups in total. The minimum absolute atomic E-state index is 0.0208. The first kappa shape index (κ1) is 31.1. The Bertz CT molecular complexity index is 931. The van der Waals surface area contributed by atoms with Crippen molar-refractivity contribution in [3.8, 4) is 5.75 Å². The lowest BCUT2D eigenvalue weighted by Gasteiger charge is -2.37. The number of alkyl carbamates (subject to hydrolysis) is 1. The SMILES string of the molecule is CCOC(=O)CCNC(=O)C(c1cccc(C)c1O)N(C(=O)C(CS)NC(=O)OC(C)(C)C)C(C)C. The van der Waals surface area contributed by atoms with Gasteiger partial charge in [-0.3, -0.25) is 14.4 Å². The van der Waals surface area contributed by atoms with E-state index in [1.54, 1.807) is 66.7 Å². The van der Waals surface area contributed by atoms with Crippen LogP contribution < -0.4 is 10.6 Å². The van der Waals surface area contributed by atoms with Gasteiger partial charge in [-0.05, 0) is 54.0 Å². The first-order valence-corrected chi connectivity index (χ1v) is 12.5. The van der Waals surface area contributed by atoms with E-state index in [0.717, 1.165) is 0 Å². The highest BCUT2D eigenvalue weighted by Crippen LogP contribution is 2.33. The second kappa shape index (κ2) is 14.0. The Morgan fingerprint density at radius 3 is 2.33 bits per heavy atom. The van der Waals surface area contributed by atoms with E-state index in [1.165, 1.54) is 4.90 Å². The minimum atomic E-state index is -1.25. The standard InChI is InChI=1S/C25H39N3O7S/c1-8-34-19(29)12-13-26-22(31)20(17-11-9-10-16(4)21(17)30)28(15(2)3)23(32)18(14-36)27-24(33)35-25(5,6)7/h9-11,15,18,20,30,36H,8,12-14H2,1-7H3,(H,26,31)(H,27,33). The maximum Gasteiger partial charge on any atom is 0.408 e. The molecule has 3 amide bonds. The molecule has 0 fully saturated rings. The van der Waals surface area contributed by atoms with Gasteiger partial charge in [0.1, 0.15) is 23.4 Å². The molecule has 0 aliphatic heterocycles. The number of carbonyl (C=O) groups is 4. The molecule has 10 nitrogen and oxygen atoms in total. The van der Waals surface area contributed by atoms with Crippen molar-refractivity contribution in [3.05, 3.63) is 29.3 Å². The molecule has 0 aliphatic carbocycles. The number of aromatic hydroxyl groups is 1. The highest BCUT2D eigenvalue weighted by molar-refractivity contribution is 7.80. The van der Waals surface area contributed by atoms with Gasteiger partial charge in [0.15, 0.2) is 0 Å². The molecular formula is C25H39N3O7S. The van der Waals surface area contributed by atoms with E-state index in [-0.39, 0.29) is 36.6 Å². The molecule has 0 heterocycles. The van der Waals surface area contributed by atoms with Crippen molar-refractivity contribution in [1.82, 2.24) is 15.5 Å². The highest BCUT2D eigenvalue weighted by atomic mass is 32.1. The van der Waals surface area contributed by atoms with E-state index in [2.05, 4.69) is 23.3 Å². The number of benzene rings is 1. The smallest absolute Gasteiger partial charge is 0.408 e. The van der Waals surface area contributed by atoms with Crippen LogP contribution in [-0.2, 0) is 23.9 Å². The van der Waals surface area contributed by atoms with Crippen LogP contribution in [-0.4, -0.2) is 70.5 Å². The number of nitrogens with one attached hydrogen (secondary N) is 2. The van der Waals surface area contributed by atoms with Gasteiger partial charge in [-0.1, -0.05) is 18.2 Å². The Labute approximate surface area is 218 Å². The van der Waals surface area contributed by atoms with E-state index in [0.29, 0.717) is 5.56 Å². The van der Waals surface area contributed by atoms with Crippen LogP contribution in [0.1, 0.15) is 65.1 Å². The molecule has 2 atom stereocenters. The molecular weight excluding hydrogens is 486 g/mol. The summed E-state index contributed by atoms with van der Waals surface area (Å²) in [7, 11) is 0. The number of nitrogens with zero attached hydrogens (tertiary/aromatic N) is 1. The predicted molar refractivity (Wildman–Crippen MR) is 139 cm³/mol. The molecule has 0 spiro atoms. The number of amides is 3. The van der Waals surface area contributed by atoms with Crippen LogP contribution >= 0.6 is 12.6 Å². The van der Waals surface area contributed by atoms with E-state index >= 15 is 0 Å². The predicted octanol–water partition coefficient (Wildman–Crippen LogP) is 2.87. The third-order valence-electron chi connectivity index (χ3n) is 5.01.